The van der Waals surface area contributed by atoms with Gasteiger partial charge in [-0.1, -0.05) is 87.1 Å². The summed E-state index contributed by atoms with van der Waals surface area (Å²) in [5.74, 6) is 0. The molecule has 2 aromatic carbocycles. The quantitative estimate of drug-likeness (QED) is 0.558. The molecule has 0 heterocycles. The van der Waals surface area contributed by atoms with E-state index in [1.54, 1.807) is 0 Å². The fourth-order valence-corrected chi connectivity index (χ4v) is 3.13. The van der Waals surface area contributed by atoms with Crippen molar-refractivity contribution >= 4 is 16.8 Å². The SMILES string of the molecule is C1=Cc2cccc3cccc(c23)C1.C1CCCCC1. The summed E-state index contributed by atoms with van der Waals surface area (Å²) in [5, 5.41) is 2.80. The Morgan fingerprint density at radius 1 is 0.684 bits per heavy atom. The summed E-state index contributed by atoms with van der Waals surface area (Å²) in [4.78, 5) is 0. The second-order valence-electron chi connectivity index (χ2n) is 5.59. The summed E-state index contributed by atoms with van der Waals surface area (Å²) in [5.41, 5.74) is 2.81. The lowest BCUT2D eigenvalue weighted by molar-refractivity contribution is 0.504. The van der Waals surface area contributed by atoms with Gasteiger partial charge in [-0.25, -0.2) is 0 Å². The monoisotopic (exact) mass is 250 g/mol. The molecular formula is C19H22. The van der Waals surface area contributed by atoms with Gasteiger partial charge in [-0.3, -0.25) is 0 Å². The van der Waals surface area contributed by atoms with E-state index in [9.17, 15) is 0 Å². The maximum atomic E-state index is 2.23. The topological polar surface area (TPSA) is 0 Å². The van der Waals surface area contributed by atoms with E-state index in [4.69, 9.17) is 0 Å². The van der Waals surface area contributed by atoms with Crippen LogP contribution in [0.3, 0.4) is 0 Å². The predicted molar refractivity (Wildman–Crippen MR) is 84.4 cm³/mol. The average molecular weight is 250 g/mol. The fourth-order valence-electron chi connectivity index (χ4n) is 3.13. The minimum absolute atomic E-state index is 1.08. The highest BCUT2D eigenvalue weighted by Crippen LogP contribution is 2.27. The summed E-state index contributed by atoms with van der Waals surface area (Å²) < 4.78 is 0. The maximum absolute atomic E-state index is 2.23. The van der Waals surface area contributed by atoms with Crippen molar-refractivity contribution < 1.29 is 0 Å². The van der Waals surface area contributed by atoms with Crippen molar-refractivity contribution in [2.45, 2.75) is 44.9 Å². The predicted octanol–water partition coefficient (Wildman–Crippen LogP) is 5.75. The molecule has 2 aromatic rings. The Morgan fingerprint density at radius 3 is 2.00 bits per heavy atom. The van der Waals surface area contributed by atoms with Gasteiger partial charge in [0.2, 0.25) is 0 Å². The van der Waals surface area contributed by atoms with E-state index < -0.39 is 0 Å². The molecule has 0 amide bonds. The van der Waals surface area contributed by atoms with Crippen LogP contribution in [-0.4, -0.2) is 0 Å². The van der Waals surface area contributed by atoms with Gasteiger partial charge in [0.05, 0.1) is 0 Å². The van der Waals surface area contributed by atoms with Crippen LogP contribution in [0, 0.1) is 0 Å². The molecule has 0 nitrogen and oxygen atoms in total. The van der Waals surface area contributed by atoms with Gasteiger partial charge >= 0.3 is 0 Å². The van der Waals surface area contributed by atoms with Crippen molar-refractivity contribution in [3.63, 3.8) is 0 Å². The number of hydrogen-bond donors (Lipinski definition) is 0. The van der Waals surface area contributed by atoms with Gasteiger partial charge in [0.25, 0.3) is 0 Å². The first-order chi connectivity index (χ1) is 9.45. The first-order valence-corrected chi connectivity index (χ1v) is 7.62. The highest BCUT2D eigenvalue weighted by Gasteiger charge is 2.06. The zero-order valence-corrected chi connectivity index (χ0v) is 11.6. The van der Waals surface area contributed by atoms with Crippen LogP contribution in [0.1, 0.15) is 49.7 Å². The smallest absolute Gasteiger partial charge is 0.00763 e. The van der Waals surface area contributed by atoms with Gasteiger partial charge in [0.1, 0.15) is 0 Å². The molecule has 0 N–H and O–H groups in total. The summed E-state index contributed by atoms with van der Waals surface area (Å²) in [6, 6.07) is 13.0. The Hall–Kier alpha value is -1.56. The van der Waals surface area contributed by atoms with Gasteiger partial charge in [-0.15, -0.1) is 0 Å². The Morgan fingerprint density at radius 2 is 1.32 bits per heavy atom. The van der Waals surface area contributed by atoms with Crippen LogP contribution < -0.4 is 0 Å². The molecule has 4 rings (SSSR count). The summed E-state index contributed by atoms with van der Waals surface area (Å²) in [7, 11) is 0. The van der Waals surface area contributed by atoms with E-state index in [1.165, 1.54) is 60.4 Å². The van der Waals surface area contributed by atoms with Crippen molar-refractivity contribution in [2.75, 3.05) is 0 Å². The van der Waals surface area contributed by atoms with E-state index in [-0.39, 0.29) is 0 Å². The lowest BCUT2D eigenvalue weighted by Gasteiger charge is -2.11. The van der Waals surface area contributed by atoms with E-state index in [0.29, 0.717) is 0 Å². The molecule has 0 spiro atoms. The zero-order chi connectivity index (χ0) is 12.9. The first kappa shape index (κ1) is 12.5. The molecule has 0 aliphatic heterocycles. The van der Waals surface area contributed by atoms with Crippen molar-refractivity contribution in [1.29, 1.82) is 0 Å². The lowest BCUT2D eigenvalue weighted by atomic mass is 9.93. The minimum Gasteiger partial charge on any atom is -0.0795 e. The molecule has 2 aliphatic carbocycles. The molecule has 2 aliphatic rings. The lowest BCUT2D eigenvalue weighted by Crippen LogP contribution is -1.91. The maximum Gasteiger partial charge on any atom is -0.00763 e. The largest absolute Gasteiger partial charge is 0.0795 e. The van der Waals surface area contributed by atoms with E-state index in [1.807, 2.05) is 0 Å². The molecule has 0 radical (unpaired) electrons. The Kier molecular flexibility index (Phi) is 3.98. The summed E-state index contributed by atoms with van der Waals surface area (Å²) in [6.07, 6.45) is 14.5. The molecule has 98 valence electrons. The molecule has 19 heavy (non-hydrogen) atoms. The number of hydrogen-bond acceptors (Lipinski definition) is 0. The van der Waals surface area contributed by atoms with Gasteiger partial charge in [0, 0.05) is 0 Å². The number of benzene rings is 2. The normalized spacial score (nSPS) is 16.8. The number of allylic oxidation sites excluding steroid dienone is 1. The minimum atomic E-state index is 1.08. The third-order valence-corrected chi connectivity index (χ3v) is 4.16. The van der Waals surface area contributed by atoms with Crippen LogP contribution in [0.15, 0.2) is 42.5 Å². The fraction of sp³-hybridized carbons (Fsp3) is 0.368. The highest BCUT2D eigenvalue weighted by atomic mass is 14.1. The van der Waals surface area contributed by atoms with Crippen molar-refractivity contribution in [1.82, 2.24) is 0 Å². The zero-order valence-electron chi connectivity index (χ0n) is 11.6. The molecule has 0 saturated heterocycles. The van der Waals surface area contributed by atoms with Crippen LogP contribution >= 0.6 is 0 Å². The summed E-state index contributed by atoms with van der Waals surface area (Å²) >= 11 is 0. The Labute approximate surface area is 116 Å². The first-order valence-electron chi connectivity index (χ1n) is 7.62. The van der Waals surface area contributed by atoms with Crippen LogP contribution in [0.25, 0.3) is 16.8 Å². The molecule has 0 bridgehead atoms. The molecule has 0 aromatic heterocycles. The molecule has 0 heteroatoms. The second kappa shape index (κ2) is 6.06. The standard InChI is InChI=1S/C13H10.C6H12/c1-4-10-6-2-8-12-9-3-7-11(5-1)13(10)12;1-2-4-6-5-3-1/h1-8H,9H2;1-6H2. The van der Waals surface area contributed by atoms with Gasteiger partial charge < -0.3 is 0 Å². The van der Waals surface area contributed by atoms with Crippen LogP contribution in [0.5, 0.6) is 0 Å². The molecular weight excluding hydrogens is 228 g/mol. The average Bonchev–Trinajstić information content (AvgIpc) is 2.51. The van der Waals surface area contributed by atoms with Gasteiger partial charge in [-0.05, 0) is 28.3 Å². The Balaban J connectivity index is 0.000000155. The third kappa shape index (κ3) is 2.89. The summed E-state index contributed by atoms with van der Waals surface area (Å²) in [6.45, 7) is 0. The van der Waals surface area contributed by atoms with Crippen LogP contribution in [0.4, 0.5) is 0 Å². The van der Waals surface area contributed by atoms with Crippen molar-refractivity contribution in [2.24, 2.45) is 0 Å². The van der Waals surface area contributed by atoms with Gasteiger partial charge in [0.15, 0.2) is 0 Å². The van der Waals surface area contributed by atoms with Crippen molar-refractivity contribution in [3.8, 4) is 0 Å². The molecule has 0 atom stereocenters. The Bertz CT molecular complexity index is 557. The van der Waals surface area contributed by atoms with Gasteiger partial charge in [-0.2, -0.15) is 0 Å². The highest BCUT2D eigenvalue weighted by molar-refractivity contribution is 5.94. The van der Waals surface area contributed by atoms with Crippen LogP contribution in [0.2, 0.25) is 0 Å². The third-order valence-electron chi connectivity index (χ3n) is 4.16. The van der Waals surface area contributed by atoms with E-state index in [2.05, 4.69) is 48.6 Å². The second-order valence-corrected chi connectivity index (χ2v) is 5.59. The van der Waals surface area contributed by atoms with Crippen LogP contribution in [-0.2, 0) is 6.42 Å². The molecule has 0 unspecified atom stereocenters. The molecule has 1 fully saturated rings. The van der Waals surface area contributed by atoms with Crippen molar-refractivity contribution in [3.05, 3.63) is 53.6 Å². The van der Waals surface area contributed by atoms with E-state index in [0.717, 1.165) is 6.42 Å². The van der Waals surface area contributed by atoms with E-state index >= 15 is 0 Å². The number of rotatable bonds is 0. The molecule has 1 saturated carbocycles.